The highest BCUT2D eigenvalue weighted by atomic mass is 79.9. The molecular weight excluding hydrogens is 402 g/mol. The second-order valence-corrected chi connectivity index (χ2v) is 6.84. The molecule has 0 saturated carbocycles. The lowest BCUT2D eigenvalue weighted by molar-refractivity contribution is -0.384. The first-order valence-corrected chi connectivity index (χ1v) is 8.82. The molecule has 0 fully saturated rings. The van der Waals surface area contributed by atoms with Gasteiger partial charge >= 0.3 is 0 Å². The largest absolute Gasteiger partial charge is 0.269 e. The average molecular weight is 412 g/mol. The third-order valence-corrected chi connectivity index (χ3v) is 4.81. The summed E-state index contributed by atoms with van der Waals surface area (Å²) in [4.78, 5) is 14.8. The Morgan fingerprint density at radius 2 is 1.88 bits per heavy atom. The molecule has 5 nitrogen and oxygen atoms in total. The summed E-state index contributed by atoms with van der Waals surface area (Å²) in [5.41, 5.74) is 2.88. The Morgan fingerprint density at radius 1 is 1.20 bits per heavy atom. The van der Waals surface area contributed by atoms with E-state index in [9.17, 15) is 15.4 Å². The summed E-state index contributed by atoms with van der Waals surface area (Å²) < 4.78 is 0.970. The lowest BCUT2D eigenvalue weighted by atomic mass is 10.1. The molecule has 2 aromatic carbocycles. The number of nitriles is 1. The molecule has 0 aliphatic rings. The molecule has 0 saturated heterocycles. The summed E-state index contributed by atoms with van der Waals surface area (Å²) >= 11 is 4.74. The maximum atomic E-state index is 10.7. The van der Waals surface area contributed by atoms with Crippen LogP contribution in [0, 0.1) is 21.4 Å². The molecule has 0 radical (unpaired) electrons. The van der Waals surface area contributed by atoms with Crippen molar-refractivity contribution in [2.45, 2.75) is 0 Å². The second kappa shape index (κ2) is 7.38. The molecule has 1 heterocycles. The number of nitro benzene ring substituents is 1. The summed E-state index contributed by atoms with van der Waals surface area (Å²) in [6.45, 7) is 0. The van der Waals surface area contributed by atoms with Crippen molar-refractivity contribution in [2.75, 3.05) is 0 Å². The minimum absolute atomic E-state index is 0.0343. The monoisotopic (exact) mass is 411 g/mol. The molecule has 122 valence electrons. The Kier molecular flexibility index (Phi) is 5.03. The zero-order valence-corrected chi connectivity index (χ0v) is 15.1. The fraction of sp³-hybridized carbons (Fsp3) is 0. The van der Waals surface area contributed by atoms with Crippen molar-refractivity contribution in [3.05, 3.63) is 79.1 Å². The maximum Gasteiger partial charge on any atom is 0.269 e. The van der Waals surface area contributed by atoms with Crippen LogP contribution in [0.3, 0.4) is 0 Å². The van der Waals surface area contributed by atoms with E-state index in [0.29, 0.717) is 16.3 Å². The molecule has 3 rings (SSSR count). The zero-order valence-electron chi connectivity index (χ0n) is 12.7. The van der Waals surface area contributed by atoms with Crippen LogP contribution in [0.4, 0.5) is 5.69 Å². The Hall–Kier alpha value is -2.82. The number of benzene rings is 2. The molecule has 0 bridgehead atoms. The molecule has 0 amide bonds. The third kappa shape index (κ3) is 3.99. The number of nitrogens with zero attached hydrogens (tertiary/aromatic N) is 3. The van der Waals surface area contributed by atoms with Gasteiger partial charge in [-0.15, -0.1) is 11.3 Å². The van der Waals surface area contributed by atoms with E-state index in [4.69, 9.17) is 0 Å². The van der Waals surface area contributed by atoms with Gasteiger partial charge in [-0.1, -0.05) is 28.1 Å². The average Bonchev–Trinajstić information content (AvgIpc) is 3.11. The Balaban J connectivity index is 1.90. The molecule has 0 unspecified atom stereocenters. The molecule has 0 atom stereocenters. The van der Waals surface area contributed by atoms with Crippen molar-refractivity contribution in [1.82, 2.24) is 4.98 Å². The number of rotatable bonds is 4. The van der Waals surface area contributed by atoms with Crippen LogP contribution in [-0.2, 0) is 0 Å². The summed E-state index contributed by atoms with van der Waals surface area (Å²) in [5.74, 6) is 0. The number of allylic oxidation sites excluding steroid dienone is 1. The number of hydrogen-bond acceptors (Lipinski definition) is 5. The van der Waals surface area contributed by atoms with Crippen molar-refractivity contribution in [3.63, 3.8) is 0 Å². The van der Waals surface area contributed by atoms with Gasteiger partial charge in [0, 0.05) is 27.5 Å². The minimum Gasteiger partial charge on any atom is -0.258 e. The summed E-state index contributed by atoms with van der Waals surface area (Å²) in [7, 11) is 0. The normalized spacial score (nSPS) is 11.1. The van der Waals surface area contributed by atoms with Gasteiger partial charge in [0.05, 0.1) is 16.2 Å². The van der Waals surface area contributed by atoms with Crippen molar-refractivity contribution in [2.24, 2.45) is 0 Å². The van der Waals surface area contributed by atoms with Crippen LogP contribution >= 0.6 is 27.3 Å². The highest BCUT2D eigenvalue weighted by molar-refractivity contribution is 9.10. The first-order chi connectivity index (χ1) is 12.1. The van der Waals surface area contributed by atoms with E-state index < -0.39 is 4.92 Å². The van der Waals surface area contributed by atoms with Gasteiger partial charge < -0.3 is 0 Å². The topological polar surface area (TPSA) is 79.8 Å². The Labute approximate surface area is 156 Å². The van der Waals surface area contributed by atoms with E-state index in [0.717, 1.165) is 15.6 Å². The van der Waals surface area contributed by atoms with Crippen molar-refractivity contribution in [1.29, 1.82) is 5.26 Å². The molecule has 0 N–H and O–H groups in total. The molecule has 3 aromatic rings. The van der Waals surface area contributed by atoms with Gasteiger partial charge in [-0.05, 0) is 35.9 Å². The van der Waals surface area contributed by atoms with Gasteiger partial charge in [0.25, 0.3) is 5.69 Å². The number of halogens is 1. The molecule has 25 heavy (non-hydrogen) atoms. The van der Waals surface area contributed by atoms with Gasteiger partial charge in [-0.2, -0.15) is 5.26 Å². The van der Waals surface area contributed by atoms with E-state index >= 15 is 0 Å². The van der Waals surface area contributed by atoms with E-state index in [1.807, 2.05) is 29.6 Å². The standard InChI is InChI=1S/C18H10BrN3O2S/c19-15-5-1-12(2-6-15)9-14(10-20)18-21-17(11-25-18)13-3-7-16(8-4-13)22(23)24/h1-9,11H/b14-9-. The summed E-state index contributed by atoms with van der Waals surface area (Å²) in [5, 5.41) is 22.6. The summed E-state index contributed by atoms with van der Waals surface area (Å²) in [6.07, 6.45) is 1.78. The van der Waals surface area contributed by atoms with Crippen molar-refractivity contribution >= 4 is 44.6 Å². The first kappa shape index (κ1) is 17.0. The van der Waals surface area contributed by atoms with Crippen molar-refractivity contribution < 1.29 is 4.92 Å². The molecular formula is C18H10BrN3O2S. The van der Waals surface area contributed by atoms with E-state index in [1.54, 1.807) is 18.2 Å². The predicted octanol–water partition coefficient (Wildman–Crippen LogP) is 5.54. The number of nitro groups is 1. The van der Waals surface area contributed by atoms with Gasteiger partial charge in [-0.25, -0.2) is 4.98 Å². The highest BCUT2D eigenvalue weighted by Crippen LogP contribution is 2.28. The van der Waals surface area contributed by atoms with Gasteiger partial charge in [0.1, 0.15) is 11.1 Å². The number of thiazole rings is 1. The number of non-ortho nitro benzene ring substituents is 1. The van der Waals surface area contributed by atoms with E-state index in [-0.39, 0.29) is 5.69 Å². The van der Waals surface area contributed by atoms with Crippen LogP contribution in [0.25, 0.3) is 22.9 Å². The van der Waals surface area contributed by atoms with Crippen LogP contribution in [-0.4, -0.2) is 9.91 Å². The number of aromatic nitrogens is 1. The van der Waals surface area contributed by atoms with Crippen LogP contribution in [0.15, 0.2) is 58.4 Å². The minimum atomic E-state index is -0.439. The second-order valence-electron chi connectivity index (χ2n) is 5.06. The van der Waals surface area contributed by atoms with Crippen LogP contribution in [0.5, 0.6) is 0 Å². The smallest absolute Gasteiger partial charge is 0.258 e. The van der Waals surface area contributed by atoms with Crippen LogP contribution in [0.2, 0.25) is 0 Å². The zero-order chi connectivity index (χ0) is 17.8. The van der Waals surface area contributed by atoms with Crippen LogP contribution < -0.4 is 0 Å². The molecule has 0 spiro atoms. The Bertz CT molecular complexity index is 986. The molecule has 7 heteroatoms. The lowest BCUT2D eigenvalue weighted by Gasteiger charge is -1.97. The Morgan fingerprint density at radius 3 is 2.48 bits per heavy atom. The third-order valence-electron chi connectivity index (χ3n) is 3.41. The molecule has 0 aliphatic heterocycles. The number of hydrogen-bond donors (Lipinski definition) is 0. The van der Waals surface area contributed by atoms with Gasteiger partial charge in [-0.3, -0.25) is 10.1 Å². The highest BCUT2D eigenvalue weighted by Gasteiger charge is 2.11. The van der Waals surface area contributed by atoms with Crippen LogP contribution in [0.1, 0.15) is 10.6 Å². The lowest BCUT2D eigenvalue weighted by Crippen LogP contribution is -1.87. The summed E-state index contributed by atoms with van der Waals surface area (Å²) in [6, 6.07) is 16.0. The van der Waals surface area contributed by atoms with Gasteiger partial charge in [0.2, 0.25) is 0 Å². The quantitative estimate of drug-likeness (QED) is 0.320. The fourth-order valence-electron chi connectivity index (χ4n) is 2.15. The SMILES string of the molecule is N#C/C(=C/c1ccc(Br)cc1)c1nc(-c2ccc([N+](=O)[O-])cc2)cs1. The van der Waals surface area contributed by atoms with E-state index in [2.05, 4.69) is 27.0 Å². The molecule has 1 aromatic heterocycles. The fourth-order valence-corrected chi connectivity index (χ4v) is 3.21. The predicted molar refractivity (Wildman–Crippen MR) is 102 cm³/mol. The first-order valence-electron chi connectivity index (χ1n) is 7.15. The van der Waals surface area contributed by atoms with E-state index in [1.165, 1.54) is 23.5 Å². The van der Waals surface area contributed by atoms with Crippen molar-refractivity contribution in [3.8, 4) is 17.3 Å². The maximum absolute atomic E-state index is 10.7. The molecule has 0 aliphatic carbocycles. The van der Waals surface area contributed by atoms with Gasteiger partial charge in [0.15, 0.2) is 0 Å².